The molecule has 0 saturated heterocycles. The van der Waals surface area contributed by atoms with Crippen LogP contribution >= 0.6 is 0 Å². The molecule has 0 unspecified atom stereocenters. The Morgan fingerprint density at radius 2 is 2.00 bits per heavy atom. The van der Waals surface area contributed by atoms with E-state index in [1.165, 1.54) is 11.8 Å². The number of sulfone groups is 1. The van der Waals surface area contributed by atoms with Crippen LogP contribution in [-0.2, 0) is 22.1 Å². The van der Waals surface area contributed by atoms with Crippen molar-refractivity contribution in [3.8, 4) is 0 Å². The number of hydrogen-bond acceptors (Lipinski definition) is 2. The molecule has 0 atom stereocenters. The molecule has 0 bridgehead atoms. The number of para-hydroxylation sites is 1. The highest BCUT2D eigenvalue weighted by Gasteiger charge is 2.13. The molecule has 2 rings (SSSR count). The van der Waals surface area contributed by atoms with E-state index in [4.69, 9.17) is 0 Å². The van der Waals surface area contributed by atoms with Crippen LogP contribution in [0.3, 0.4) is 0 Å². The quantitative estimate of drug-likeness (QED) is 0.840. The minimum atomic E-state index is -2.99. The second kappa shape index (κ2) is 4.18. The molecule has 0 aliphatic heterocycles. The summed E-state index contributed by atoms with van der Waals surface area (Å²) in [5.74, 6) is 0.111. The second-order valence-electron chi connectivity index (χ2n) is 4.48. The zero-order valence-corrected chi connectivity index (χ0v) is 11.2. The lowest BCUT2D eigenvalue weighted by Gasteiger charge is -2.03. The molecule has 1 aromatic carbocycles. The predicted molar refractivity (Wildman–Crippen MR) is 70.9 cm³/mol. The van der Waals surface area contributed by atoms with Gasteiger partial charge in [0.2, 0.25) is 0 Å². The van der Waals surface area contributed by atoms with Crippen molar-refractivity contribution in [3.05, 3.63) is 35.5 Å². The molecule has 0 aliphatic carbocycles. The lowest BCUT2D eigenvalue weighted by atomic mass is 10.1. The molecular weight excluding hydrogens is 234 g/mol. The van der Waals surface area contributed by atoms with Crippen LogP contribution < -0.4 is 0 Å². The van der Waals surface area contributed by atoms with E-state index in [-0.39, 0.29) is 5.75 Å². The molecule has 4 heteroatoms. The van der Waals surface area contributed by atoms with Crippen molar-refractivity contribution in [2.75, 3.05) is 6.26 Å². The Morgan fingerprint density at radius 3 is 2.59 bits per heavy atom. The maximum Gasteiger partial charge on any atom is 0.151 e. The lowest BCUT2D eigenvalue weighted by Crippen LogP contribution is -2.00. The van der Waals surface area contributed by atoms with Crippen LogP contribution in [-0.4, -0.2) is 19.2 Å². The molecule has 0 spiro atoms. The molecule has 92 valence electrons. The fourth-order valence-electron chi connectivity index (χ4n) is 2.27. The summed E-state index contributed by atoms with van der Waals surface area (Å²) in [6.07, 6.45) is 3.23. The van der Waals surface area contributed by atoms with Gasteiger partial charge in [0, 0.05) is 24.4 Å². The maximum absolute atomic E-state index is 11.4. The third kappa shape index (κ3) is 2.36. The molecule has 3 nitrogen and oxygen atoms in total. The van der Waals surface area contributed by atoms with Gasteiger partial charge in [-0.15, -0.1) is 0 Å². The molecule has 1 heterocycles. The van der Waals surface area contributed by atoms with Gasteiger partial charge < -0.3 is 4.57 Å². The van der Waals surface area contributed by atoms with Gasteiger partial charge in [-0.3, -0.25) is 0 Å². The lowest BCUT2D eigenvalue weighted by molar-refractivity contribution is 0.601. The fourth-order valence-corrected chi connectivity index (χ4v) is 3.06. The predicted octanol–water partition coefficient (Wildman–Crippen LogP) is 2.51. The first-order chi connectivity index (χ1) is 7.92. The van der Waals surface area contributed by atoms with Crippen molar-refractivity contribution >= 4 is 20.7 Å². The first-order valence-electron chi connectivity index (χ1n) is 5.67. The smallest absolute Gasteiger partial charge is 0.151 e. The summed E-state index contributed by atoms with van der Waals surface area (Å²) in [5.41, 5.74) is 3.23. The average Bonchev–Trinajstić information content (AvgIpc) is 2.56. The third-order valence-corrected chi connectivity index (χ3v) is 3.78. The molecule has 0 N–H and O–H groups in total. The molecule has 0 saturated carbocycles. The second-order valence-corrected chi connectivity index (χ2v) is 6.62. The van der Waals surface area contributed by atoms with Gasteiger partial charge in [-0.25, -0.2) is 8.42 Å². The van der Waals surface area contributed by atoms with Gasteiger partial charge in [0.05, 0.1) is 11.3 Å². The van der Waals surface area contributed by atoms with Crippen LogP contribution in [0, 0.1) is 6.92 Å². The zero-order chi connectivity index (χ0) is 12.6. The van der Waals surface area contributed by atoms with Crippen molar-refractivity contribution < 1.29 is 8.42 Å². The molecule has 0 amide bonds. The van der Waals surface area contributed by atoms with Crippen LogP contribution in [0.1, 0.15) is 18.1 Å². The first kappa shape index (κ1) is 12.2. The molecule has 0 radical (unpaired) electrons. The number of fused-ring (bicyclic) bond motifs is 1. The first-order valence-corrected chi connectivity index (χ1v) is 7.73. The van der Waals surface area contributed by atoms with E-state index in [1.807, 2.05) is 18.3 Å². The topological polar surface area (TPSA) is 39.1 Å². The van der Waals surface area contributed by atoms with Crippen molar-refractivity contribution in [1.82, 2.24) is 4.57 Å². The van der Waals surface area contributed by atoms with E-state index < -0.39 is 9.84 Å². The van der Waals surface area contributed by atoms with Gasteiger partial charge in [-0.2, -0.15) is 0 Å². The van der Waals surface area contributed by atoms with Gasteiger partial charge in [0.25, 0.3) is 0 Å². The number of aryl methyl sites for hydroxylation is 2. The Bertz CT molecular complexity index is 653. The summed E-state index contributed by atoms with van der Waals surface area (Å²) in [6, 6.07) is 6.02. The van der Waals surface area contributed by atoms with Crippen LogP contribution in [0.5, 0.6) is 0 Å². The monoisotopic (exact) mass is 251 g/mol. The van der Waals surface area contributed by atoms with E-state index in [2.05, 4.69) is 24.5 Å². The zero-order valence-electron chi connectivity index (χ0n) is 10.4. The summed E-state index contributed by atoms with van der Waals surface area (Å²) in [7, 11) is -2.99. The van der Waals surface area contributed by atoms with E-state index in [9.17, 15) is 8.42 Å². The van der Waals surface area contributed by atoms with E-state index >= 15 is 0 Å². The van der Waals surface area contributed by atoms with Crippen molar-refractivity contribution in [3.63, 3.8) is 0 Å². The normalized spacial score (nSPS) is 12.2. The van der Waals surface area contributed by atoms with Crippen LogP contribution in [0.15, 0.2) is 24.4 Å². The largest absolute Gasteiger partial charge is 0.347 e. The van der Waals surface area contributed by atoms with Crippen molar-refractivity contribution in [1.29, 1.82) is 0 Å². The molecule has 0 fully saturated rings. The van der Waals surface area contributed by atoms with E-state index in [0.29, 0.717) is 0 Å². The minimum Gasteiger partial charge on any atom is -0.347 e. The Kier molecular flexibility index (Phi) is 3.00. The average molecular weight is 251 g/mol. The van der Waals surface area contributed by atoms with Gasteiger partial charge in [0.15, 0.2) is 9.84 Å². The highest BCUT2D eigenvalue weighted by molar-refractivity contribution is 7.89. The molecular formula is C13H17NO2S. The van der Waals surface area contributed by atoms with Gasteiger partial charge in [-0.1, -0.05) is 18.2 Å². The minimum absolute atomic E-state index is 0.111. The van der Waals surface area contributed by atoms with Gasteiger partial charge >= 0.3 is 0 Å². The van der Waals surface area contributed by atoms with Crippen LogP contribution in [0.2, 0.25) is 0 Å². The highest BCUT2D eigenvalue weighted by atomic mass is 32.2. The molecule has 17 heavy (non-hydrogen) atoms. The van der Waals surface area contributed by atoms with Gasteiger partial charge in [0.1, 0.15) is 0 Å². The number of hydrogen-bond donors (Lipinski definition) is 0. The standard InChI is InChI=1S/C13H17NO2S/c1-4-14-8-11(9-17(3,15)16)12-7-5-6-10(2)13(12)14/h5-8H,4,9H2,1-3H3. The third-order valence-electron chi connectivity index (χ3n) is 2.94. The summed E-state index contributed by atoms with van der Waals surface area (Å²) >= 11 is 0. The number of nitrogens with zero attached hydrogens (tertiary/aromatic N) is 1. The SMILES string of the molecule is CCn1cc(CS(C)(=O)=O)c2cccc(C)c21. The number of benzene rings is 1. The van der Waals surface area contributed by atoms with Crippen LogP contribution in [0.4, 0.5) is 0 Å². The van der Waals surface area contributed by atoms with Crippen LogP contribution in [0.25, 0.3) is 10.9 Å². The Morgan fingerprint density at radius 1 is 1.29 bits per heavy atom. The fraction of sp³-hybridized carbons (Fsp3) is 0.385. The molecule has 2 aromatic rings. The Labute approximate surface area is 102 Å². The molecule has 0 aliphatic rings. The highest BCUT2D eigenvalue weighted by Crippen LogP contribution is 2.25. The Balaban J connectivity index is 2.70. The molecule has 1 aromatic heterocycles. The number of rotatable bonds is 3. The summed E-state index contributed by atoms with van der Waals surface area (Å²) < 4.78 is 25.0. The number of aromatic nitrogens is 1. The van der Waals surface area contributed by atoms with E-state index in [0.717, 1.165) is 23.0 Å². The van der Waals surface area contributed by atoms with E-state index in [1.54, 1.807) is 0 Å². The summed E-state index contributed by atoms with van der Waals surface area (Å²) in [4.78, 5) is 0. The van der Waals surface area contributed by atoms with Crippen molar-refractivity contribution in [2.24, 2.45) is 0 Å². The maximum atomic E-state index is 11.4. The summed E-state index contributed by atoms with van der Waals surface area (Å²) in [6.45, 7) is 4.97. The van der Waals surface area contributed by atoms with Gasteiger partial charge in [-0.05, 0) is 25.0 Å². The van der Waals surface area contributed by atoms with Crippen molar-refractivity contribution in [2.45, 2.75) is 26.1 Å². The summed E-state index contributed by atoms with van der Waals surface area (Å²) in [5, 5.41) is 1.05. The Hall–Kier alpha value is -1.29.